The lowest BCUT2D eigenvalue weighted by Gasteiger charge is -2.32. The first-order chi connectivity index (χ1) is 16.4. The summed E-state index contributed by atoms with van der Waals surface area (Å²) in [4.78, 5) is 4.48. The monoisotopic (exact) mass is 485 g/mol. The number of pyridine rings is 1. The summed E-state index contributed by atoms with van der Waals surface area (Å²) >= 11 is 6.47. The van der Waals surface area contributed by atoms with E-state index in [2.05, 4.69) is 33.9 Å². The third-order valence-electron chi connectivity index (χ3n) is 6.86. The van der Waals surface area contributed by atoms with E-state index in [-0.39, 0.29) is 11.2 Å². The molecule has 182 valence electrons. The second-order valence-electron chi connectivity index (χ2n) is 9.71. The van der Waals surface area contributed by atoms with E-state index in [1.54, 1.807) is 25.4 Å². The zero-order valence-electron chi connectivity index (χ0n) is 19.8. The Kier molecular flexibility index (Phi) is 7.92. The summed E-state index contributed by atoms with van der Waals surface area (Å²) in [6.45, 7) is 3.31. The van der Waals surface area contributed by atoms with Crippen LogP contribution in [-0.4, -0.2) is 43.4 Å². The molecule has 2 saturated carbocycles. The topological polar surface area (TPSA) is 82.0 Å². The minimum absolute atomic E-state index is 0.341. The number of benzene rings is 1. The highest BCUT2D eigenvalue weighted by molar-refractivity contribution is 6.33. The van der Waals surface area contributed by atoms with Crippen molar-refractivity contribution in [1.29, 1.82) is 5.26 Å². The lowest BCUT2D eigenvalue weighted by atomic mass is 9.90. The largest absolute Gasteiger partial charge is 0.383 e. The summed E-state index contributed by atoms with van der Waals surface area (Å²) in [7, 11) is 1.73. The molecular weight excluding hydrogens is 453 g/mol. The van der Waals surface area contributed by atoms with Crippen LogP contribution in [0.25, 0.3) is 11.1 Å². The van der Waals surface area contributed by atoms with Gasteiger partial charge in [-0.2, -0.15) is 5.26 Å². The summed E-state index contributed by atoms with van der Waals surface area (Å²) < 4.78 is 19.6. The molecule has 0 saturated heterocycles. The van der Waals surface area contributed by atoms with Crippen molar-refractivity contribution in [2.75, 3.05) is 30.9 Å². The number of nitrogens with zero attached hydrogens (tertiary/aromatic N) is 2. The Bertz CT molecular complexity index is 1030. The molecule has 0 spiro atoms. The first-order valence-corrected chi connectivity index (χ1v) is 12.4. The van der Waals surface area contributed by atoms with E-state index in [0.29, 0.717) is 35.4 Å². The lowest BCUT2D eigenvalue weighted by Crippen LogP contribution is -2.42. The van der Waals surface area contributed by atoms with Gasteiger partial charge in [0.1, 0.15) is 11.6 Å². The SMILES string of the molecule is COC[C@@H](C)NC1CCC(Nc2cc(-c3ccc(F)c(NCC4(C#N)CC4)c3)c(Cl)cn2)CC1. The average Bonchev–Trinajstić information content (AvgIpc) is 3.62. The molecular formula is C26H33ClFN5O. The molecule has 0 bridgehead atoms. The minimum Gasteiger partial charge on any atom is -0.383 e. The van der Waals surface area contributed by atoms with Crippen LogP contribution in [0.4, 0.5) is 15.9 Å². The molecule has 0 aliphatic heterocycles. The van der Waals surface area contributed by atoms with Crippen LogP contribution in [0.15, 0.2) is 30.5 Å². The number of methoxy groups -OCH3 is 1. The van der Waals surface area contributed by atoms with Crippen LogP contribution in [-0.2, 0) is 4.74 Å². The summed E-state index contributed by atoms with van der Waals surface area (Å²) in [5.41, 5.74) is 1.63. The van der Waals surface area contributed by atoms with Gasteiger partial charge in [-0.15, -0.1) is 0 Å². The van der Waals surface area contributed by atoms with Gasteiger partial charge in [0.2, 0.25) is 0 Å². The normalized spacial score (nSPS) is 22.0. The number of anilines is 2. The molecule has 4 rings (SSSR count). The van der Waals surface area contributed by atoms with Gasteiger partial charge in [-0.25, -0.2) is 9.37 Å². The molecule has 0 amide bonds. The number of nitriles is 1. The predicted molar refractivity (Wildman–Crippen MR) is 135 cm³/mol. The van der Waals surface area contributed by atoms with Crippen LogP contribution < -0.4 is 16.0 Å². The maximum Gasteiger partial charge on any atom is 0.146 e. The molecule has 0 unspecified atom stereocenters. The number of ether oxygens (including phenoxy) is 1. The van der Waals surface area contributed by atoms with Crippen LogP contribution in [0, 0.1) is 22.6 Å². The van der Waals surface area contributed by atoms with E-state index in [1.807, 2.05) is 6.07 Å². The van der Waals surface area contributed by atoms with Crippen molar-refractivity contribution in [3.63, 3.8) is 0 Å². The highest BCUT2D eigenvalue weighted by Crippen LogP contribution is 2.45. The smallest absolute Gasteiger partial charge is 0.146 e. The van der Waals surface area contributed by atoms with Crippen molar-refractivity contribution in [2.24, 2.45) is 5.41 Å². The molecule has 1 aromatic heterocycles. The first-order valence-electron chi connectivity index (χ1n) is 12.0. The summed E-state index contributed by atoms with van der Waals surface area (Å²) in [6.07, 6.45) is 7.67. The molecule has 2 aliphatic carbocycles. The molecule has 2 aliphatic rings. The Morgan fingerprint density at radius 2 is 1.97 bits per heavy atom. The van der Waals surface area contributed by atoms with Crippen molar-refractivity contribution in [3.05, 3.63) is 41.3 Å². The van der Waals surface area contributed by atoms with Crippen LogP contribution in [0.3, 0.4) is 0 Å². The van der Waals surface area contributed by atoms with E-state index < -0.39 is 0 Å². The standard InChI is InChI=1S/C26H33ClFN5O/c1-17(14-34-2)32-19-4-6-20(7-5-19)33-25-12-21(22(27)13-30-25)18-3-8-23(28)24(11-18)31-16-26(15-29)9-10-26/h3,8,11-13,17,19-20,31-32H,4-7,9-10,14,16H2,1-2H3,(H,30,33)/t17-,19?,20?/m1/s1. The number of halogens is 2. The van der Waals surface area contributed by atoms with Crippen molar-refractivity contribution >= 4 is 23.1 Å². The van der Waals surface area contributed by atoms with Crippen molar-refractivity contribution in [3.8, 4) is 17.2 Å². The maximum absolute atomic E-state index is 14.4. The Balaban J connectivity index is 1.40. The summed E-state index contributed by atoms with van der Waals surface area (Å²) in [5.74, 6) is 0.426. The molecule has 2 fully saturated rings. The van der Waals surface area contributed by atoms with E-state index >= 15 is 0 Å². The van der Waals surface area contributed by atoms with Gasteiger partial charge in [0.05, 0.1) is 28.8 Å². The quantitative estimate of drug-likeness (QED) is 0.406. The average molecular weight is 486 g/mol. The van der Waals surface area contributed by atoms with Gasteiger partial charge in [0.25, 0.3) is 0 Å². The highest BCUT2D eigenvalue weighted by Gasteiger charge is 2.43. The molecule has 2 aromatic rings. The van der Waals surface area contributed by atoms with Gasteiger partial charge in [-0.05, 0) is 69.2 Å². The van der Waals surface area contributed by atoms with E-state index in [0.717, 1.165) is 62.1 Å². The number of nitrogens with one attached hydrogen (secondary N) is 3. The highest BCUT2D eigenvalue weighted by atomic mass is 35.5. The van der Waals surface area contributed by atoms with Gasteiger partial charge in [-0.3, -0.25) is 0 Å². The minimum atomic E-state index is -0.357. The van der Waals surface area contributed by atoms with E-state index in [4.69, 9.17) is 16.3 Å². The van der Waals surface area contributed by atoms with Crippen molar-refractivity contribution in [1.82, 2.24) is 10.3 Å². The number of rotatable bonds is 10. The number of hydrogen-bond acceptors (Lipinski definition) is 6. The Morgan fingerprint density at radius 3 is 2.65 bits per heavy atom. The summed E-state index contributed by atoms with van der Waals surface area (Å²) in [5, 5.41) is 20.1. The zero-order valence-corrected chi connectivity index (χ0v) is 20.6. The second kappa shape index (κ2) is 10.9. The van der Waals surface area contributed by atoms with Gasteiger partial charge in [0.15, 0.2) is 0 Å². The first kappa shape index (κ1) is 24.7. The molecule has 34 heavy (non-hydrogen) atoms. The molecule has 3 N–H and O–H groups in total. The van der Waals surface area contributed by atoms with Crippen LogP contribution in [0.5, 0.6) is 0 Å². The third-order valence-corrected chi connectivity index (χ3v) is 7.16. The fraction of sp³-hybridized carbons (Fsp3) is 0.538. The van der Waals surface area contributed by atoms with Crippen LogP contribution >= 0.6 is 11.6 Å². The van der Waals surface area contributed by atoms with Gasteiger partial charge in [0, 0.05) is 43.5 Å². The third kappa shape index (κ3) is 6.18. The van der Waals surface area contributed by atoms with E-state index in [9.17, 15) is 9.65 Å². The Hall–Kier alpha value is -2.40. The van der Waals surface area contributed by atoms with Crippen LogP contribution in [0.2, 0.25) is 5.02 Å². The zero-order chi connectivity index (χ0) is 24.1. The Morgan fingerprint density at radius 1 is 1.24 bits per heavy atom. The predicted octanol–water partition coefficient (Wildman–Crippen LogP) is 5.60. The Labute approximate surface area is 206 Å². The molecule has 1 atom stereocenters. The molecule has 0 radical (unpaired) electrons. The fourth-order valence-corrected chi connectivity index (χ4v) is 4.84. The second-order valence-corrected chi connectivity index (χ2v) is 10.1. The molecule has 1 aromatic carbocycles. The van der Waals surface area contributed by atoms with Crippen molar-refractivity contribution < 1.29 is 9.13 Å². The number of hydrogen-bond donors (Lipinski definition) is 3. The van der Waals surface area contributed by atoms with Crippen LogP contribution in [0.1, 0.15) is 45.4 Å². The lowest BCUT2D eigenvalue weighted by molar-refractivity contribution is 0.161. The van der Waals surface area contributed by atoms with Gasteiger partial charge < -0.3 is 20.7 Å². The number of aromatic nitrogens is 1. The molecule has 8 heteroatoms. The fourth-order valence-electron chi connectivity index (χ4n) is 4.62. The molecule has 1 heterocycles. The molecule has 6 nitrogen and oxygen atoms in total. The van der Waals surface area contributed by atoms with Crippen molar-refractivity contribution in [2.45, 2.75) is 63.6 Å². The van der Waals surface area contributed by atoms with E-state index in [1.165, 1.54) is 6.07 Å². The van der Waals surface area contributed by atoms with Gasteiger partial charge in [-0.1, -0.05) is 17.7 Å². The maximum atomic E-state index is 14.4. The summed E-state index contributed by atoms with van der Waals surface area (Å²) in [6, 6.07) is 10.4. The van der Waals surface area contributed by atoms with Gasteiger partial charge >= 0.3 is 0 Å².